The normalized spacial score (nSPS) is 15.4. The zero-order valence-corrected chi connectivity index (χ0v) is 11.1. The van der Waals surface area contributed by atoms with Gasteiger partial charge in [-0.15, -0.1) is 0 Å². The first-order chi connectivity index (χ1) is 8.24. The summed E-state index contributed by atoms with van der Waals surface area (Å²) >= 11 is 6.11. The van der Waals surface area contributed by atoms with Crippen molar-refractivity contribution in [2.75, 3.05) is 13.6 Å². The molecule has 2 rings (SSSR count). The lowest BCUT2D eigenvalue weighted by atomic mass is 9.94. The van der Waals surface area contributed by atoms with E-state index >= 15 is 0 Å². The Morgan fingerprint density at radius 1 is 1.29 bits per heavy atom. The third-order valence-electron chi connectivity index (χ3n) is 3.56. The Morgan fingerprint density at radius 2 is 2.06 bits per heavy atom. The molecule has 0 aliphatic heterocycles. The van der Waals surface area contributed by atoms with Crippen molar-refractivity contribution in [2.24, 2.45) is 0 Å². The van der Waals surface area contributed by atoms with Crippen LogP contribution in [0.4, 0.5) is 0 Å². The number of phenols is 1. The van der Waals surface area contributed by atoms with Crippen LogP contribution in [0.25, 0.3) is 0 Å². The maximum Gasteiger partial charge on any atom is 0.137 e. The maximum atomic E-state index is 10.1. The molecule has 0 heterocycles. The van der Waals surface area contributed by atoms with E-state index in [1.54, 1.807) is 0 Å². The monoisotopic (exact) mass is 253 g/mol. The molecule has 0 radical (unpaired) electrons. The van der Waals surface area contributed by atoms with Gasteiger partial charge in [0.2, 0.25) is 0 Å². The highest BCUT2D eigenvalue weighted by atomic mass is 35.5. The van der Waals surface area contributed by atoms with Crippen LogP contribution in [0.5, 0.6) is 5.75 Å². The lowest BCUT2D eigenvalue weighted by Crippen LogP contribution is -2.12. The summed E-state index contributed by atoms with van der Waals surface area (Å²) in [5, 5.41) is 13.8. The Bertz CT molecular complexity index is 404. The van der Waals surface area contributed by atoms with Gasteiger partial charge in [0.25, 0.3) is 0 Å². The summed E-state index contributed by atoms with van der Waals surface area (Å²) in [6.45, 7) is 0.875. The highest BCUT2D eigenvalue weighted by Gasteiger charge is 2.17. The molecule has 1 aromatic carbocycles. The van der Waals surface area contributed by atoms with Gasteiger partial charge in [-0.2, -0.15) is 0 Å². The Morgan fingerprint density at radius 3 is 2.82 bits per heavy atom. The van der Waals surface area contributed by atoms with Gasteiger partial charge >= 0.3 is 0 Å². The SMILES string of the molecule is CNCCc1c(O)c(Cl)cc2c1CCCCC2. The number of hydrogen-bond donors (Lipinski definition) is 2. The first kappa shape index (κ1) is 12.7. The second-order valence-corrected chi connectivity index (χ2v) is 5.14. The van der Waals surface area contributed by atoms with Crippen LogP contribution in [0.15, 0.2) is 6.07 Å². The predicted octanol–water partition coefficient (Wildman–Crippen LogP) is 3.08. The van der Waals surface area contributed by atoms with Crippen molar-refractivity contribution >= 4 is 11.6 Å². The second-order valence-electron chi connectivity index (χ2n) is 4.74. The molecule has 0 bridgehead atoms. The molecule has 1 aliphatic carbocycles. The van der Waals surface area contributed by atoms with E-state index in [1.165, 1.54) is 30.4 Å². The minimum atomic E-state index is 0.294. The molecule has 0 amide bonds. The first-order valence-corrected chi connectivity index (χ1v) is 6.78. The van der Waals surface area contributed by atoms with Crippen molar-refractivity contribution < 1.29 is 5.11 Å². The number of fused-ring (bicyclic) bond motifs is 1. The van der Waals surface area contributed by atoms with Gasteiger partial charge in [-0.3, -0.25) is 0 Å². The molecule has 2 nitrogen and oxygen atoms in total. The number of rotatable bonds is 3. The summed E-state index contributed by atoms with van der Waals surface area (Å²) in [5.41, 5.74) is 3.75. The van der Waals surface area contributed by atoms with E-state index in [0.29, 0.717) is 10.8 Å². The molecular weight excluding hydrogens is 234 g/mol. The van der Waals surface area contributed by atoms with Gasteiger partial charge < -0.3 is 10.4 Å². The van der Waals surface area contributed by atoms with E-state index < -0.39 is 0 Å². The Balaban J connectivity index is 2.42. The topological polar surface area (TPSA) is 32.3 Å². The van der Waals surface area contributed by atoms with Crippen molar-refractivity contribution in [3.63, 3.8) is 0 Å². The highest BCUT2D eigenvalue weighted by molar-refractivity contribution is 6.32. The van der Waals surface area contributed by atoms with Crippen LogP contribution in [0.2, 0.25) is 5.02 Å². The van der Waals surface area contributed by atoms with Crippen molar-refractivity contribution in [1.82, 2.24) is 5.32 Å². The quantitative estimate of drug-likeness (QED) is 0.812. The third-order valence-corrected chi connectivity index (χ3v) is 3.85. The first-order valence-electron chi connectivity index (χ1n) is 6.40. The molecule has 1 aromatic rings. The number of aromatic hydroxyl groups is 1. The van der Waals surface area contributed by atoms with Crippen LogP contribution in [0.3, 0.4) is 0 Å². The van der Waals surface area contributed by atoms with Crippen LogP contribution < -0.4 is 5.32 Å². The van der Waals surface area contributed by atoms with Crippen LogP contribution in [-0.4, -0.2) is 18.7 Å². The zero-order chi connectivity index (χ0) is 12.3. The van der Waals surface area contributed by atoms with E-state index in [-0.39, 0.29) is 0 Å². The lowest BCUT2D eigenvalue weighted by molar-refractivity contribution is 0.466. The summed E-state index contributed by atoms with van der Waals surface area (Å²) in [7, 11) is 1.93. The van der Waals surface area contributed by atoms with E-state index in [2.05, 4.69) is 5.32 Å². The maximum absolute atomic E-state index is 10.1. The van der Waals surface area contributed by atoms with Crippen LogP contribution >= 0.6 is 11.6 Å². The molecule has 0 fully saturated rings. The fourth-order valence-electron chi connectivity index (χ4n) is 2.64. The van der Waals surface area contributed by atoms with E-state index in [9.17, 15) is 5.11 Å². The lowest BCUT2D eigenvalue weighted by Gasteiger charge is -2.15. The van der Waals surface area contributed by atoms with Crippen LogP contribution in [0, 0.1) is 0 Å². The summed E-state index contributed by atoms with van der Waals surface area (Å²) in [6.07, 6.45) is 6.77. The molecule has 0 unspecified atom stereocenters. The molecule has 17 heavy (non-hydrogen) atoms. The summed E-state index contributed by atoms with van der Waals surface area (Å²) in [5.74, 6) is 0.294. The molecule has 2 N–H and O–H groups in total. The van der Waals surface area contributed by atoms with Gasteiger partial charge in [0.05, 0.1) is 5.02 Å². The number of aryl methyl sites for hydroxylation is 1. The molecule has 0 saturated carbocycles. The van der Waals surface area contributed by atoms with E-state index in [1.807, 2.05) is 13.1 Å². The van der Waals surface area contributed by atoms with Crippen molar-refractivity contribution in [3.05, 3.63) is 27.8 Å². The Hall–Kier alpha value is -0.730. The van der Waals surface area contributed by atoms with Gasteiger partial charge in [0.1, 0.15) is 5.75 Å². The van der Waals surface area contributed by atoms with Crippen LogP contribution in [-0.2, 0) is 19.3 Å². The fourth-order valence-corrected chi connectivity index (χ4v) is 2.88. The number of likely N-dealkylation sites (N-methyl/N-ethyl adjacent to an activating group) is 1. The Kier molecular flexibility index (Phi) is 4.30. The van der Waals surface area contributed by atoms with Gasteiger partial charge in [0.15, 0.2) is 0 Å². The smallest absolute Gasteiger partial charge is 0.137 e. The van der Waals surface area contributed by atoms with E-state index in [4.69, 9.17) is 11.6 Å². The molecule has 0 atom stereocenters. The van der Waals surface area contributed by atoms with Gasteiger partial charge in [0, 0.05) is 5.56 Å². The summed E-state index contributed by atoms with van der Waals surface area (Å²) in [4.78, 5) is 0. The molecular formula is C14H20ClNO. The number of nitrogens with one attached hydrogen (secondary N) is 1. The zero-order valence-electron chi connectivity index (χ0n) is 10.4. The van der Waals surface area contributed by atoms with Crippen molar-refractivity contribution in [1.29, 1.82) is 0 Å². The van der Waals surface area contributed by atoms with Gasteiger partial charge in [-0.25, -0.2) is 0 Å². The van der Waals surface area contributed by atoms with Gasteiger partial charge in [-0.05, 0) is 62.9 Å². The average Bonchev–Trinajstić information content (AvgIpc) is 2.55. The number of hydrogen-bond acceptors (Lipinski definition) is 2. The molecule has 1 aliphatic rings. The minimum absolute atomic E-state index is 0.294. The predicted molar refractivity (Wildman–Crippen MR) is 72.0 cm³/mol. The molecule has 0 aromatic heterocycles. The van der Waals surface area contributed by atoms with Crippen molar-refractivity contribution in [3.8, 4) is 5.75 Å². The number of phenolic OH excluding ortho intramolecular Hbond substituents is 1. The summed E-state index contributed by atoms with van der Waals surface area (Å²) in [6, 6.07) is 1.96. The van der Waals surface area contributed by atoms with E-state index in [0.717, 1.165) is 31.4 Å². The van der Waals surface area contributed by atoms with Gasteiger partial charge in [-0.1, -0.05) is 18.0 Å². The number of halogens is 1. The minimum Gasteiger partial charge on any atom is -0.506 e. The second kappa shape index (κ2) is 5.74. The van der Waals surface area contributed by atoms with Crippen molar-refractivity contribution in [2.45, 2.75) is 38.5 Å². The molecule has 3 heteroatoms. The number of benzene rings is 1. The average molecular weight is 254 g/mol. The highest BCUT2D eigenvalue weighted by Crippen LogP contribution is 2.36. The van der Waals surface area contributed by atoms with Crippen LogP contribution in [0.1, 0.15) is 36.0 Å². The molecule has 0 spiro atoms. The molecule has 94 valence electrons. The Labute approximate surface area is 108 Å². The fraction of sp³-hybridized carbons (Fsp3) is 0.571. The molecule has 0 saturated heterocycles. The largest absolute Gasteiger partial charge is 0.506 e. The third kappa shape index (κ3) is 2.75. The standard InChI is InChI=1S/C14H20ClNO/c1-16-8-7-12-11-6-4-2-3-5-10(11)9-13(15)14(12)17/h9,16-17H,2-8H2,1H3. The summed E-state index contributed by atoms with van der Waals surface area (Å²) < 4.78 is 0.